The average Bonchev–Trinajstić information content (AvgIpc) is 2.90. The second-order valence-electron chi connectivity index (χ2n) is 5.08. The summed E-state index contributed by atoms with van der Waals surface area (Å²) in [4.78, 5) is 15.9. The van der Waals surface area contributed by atoms with Crippen LogP contribution in [0.4, 0.5) is 0 Å². The number of nitrogens with one attached hydrogen (secondary N) is 1. The summed E-state index contributed by atoms with van der Waals surface area (Å²) >= 11 is 1.48. The van der Waals surface area contributed by atoms with Crippen molar-refractivity contribution in [3.63, 3.8) is 0 Å². The Labute approximate surface area is 127 Å². The van der Waals surface area contributed by atoms with Gasteiger partial charge in [0, 0.05) is 5.38 Å². The first kappa shape index (κ1) is 15.5. The maximum atomic E-state index is 11.5. The summed E-state index contributed by atoms with van der Waals surface area (Å²) < 4.78 is 5.61. The van der Waals surface area contributed by atoms with E-state index in [1.807, 2.05) is 35.7 Å². The van der Waals surface area contributed by atoms with Crippen LogP contribution in [0.2, 0.25) is 0 Å². The second kappa shape index (κ2) is 6.69. The van der Waals surface area contributed by atoms with Crippen molar-refractivity contribution in [3.05, 3.63) is 46.4 Å². The summed E-state index contributed by atoms with van der Waals surface area (Å²) in [6, 6.07) is 9.53. The largest absolute Gasteiger partial charge is 0.486 e. The van der Waals surface area contributed by atoms with Gasteiger partial charge < -0.3 is 15.2 Å². The number of hydrogen-bond acceptors (Lipinski definition) is 5. The first-order valence-electron chi connectivity index (χ1n) is 6.57. The summed E-state index contributed by atoms with van der Waals surface area (Å²) in [5, 5.41) is 14.9. The molecule has 1 heterocycles. The Morgan fingerprint density at radius 2 is 2.10 bits per heavy atom. The van der Waals surface area contributed by atoms with E-state index >= 15 is 0 Å². The minimum Gasteiger partial charge on any atom is -0.486 e. The maximum Gasteiger partial charge on any atom is 0.251 e. The topological polar surface area (TPSA) is 71.5 Å². The van der Waals surface area contributed by atoms with Gasteiger partial charge in [0.05, 0.1) is 12.2 Å². The highest BCUT2D eigenvalue weighted by atomic mass is 32.1. The van der Waals surface area contributed by atoms with Crippen molar-refractivity contribution in [2.75, 3.05) is 0 Å². The lowest BCUT2D eigenvalue weighted by Crippen LogP contribution is -2.41. The molecule has 0 radical (unpaired) electrons. The zero-order chi connectivity index (χ0) is 15.3. The van der Waals surface area contributed by atoms with Crippen molar-refractivity contribution in [2.45, 2.75) is 32.6 Å². The van der Waals surface area contributed by atoms with E-state index in [1.54, 1.807) is 0 Å². The molecule has 1 aromatic heterocycles. The number of thiazole rings is 1. The van der Waals surface area contributed by atoms with Crippen LogP contribution < -0.4 is 10.1 Å². The van der Waals surface area contributed by atoms with E-state index < -0.39 is 11.5 Å². The summed E-state index contributed by atoms with van der Waals surface area (Å²) in [7, 11) is 0. The van der Waals surface area contributed by atoms with Crippen molar-refractivity contribution in [3.8, 4) is 5.75 Å². The number of carbonyl (C=O) groups is 1. The van der Waals surface area contributed by atoms with Crippen molar-refractivity contribution >= 4 is 17.2 Å². The maximum absolute atomic E-state index is 11.5. The fraction of sp³-hybridized carbons (Fsp3) is 0.333. The number of aromatic nitrogens is 1. The number of benzene rings is 1. The van der Waals surface area contributed by atoms with Gasteiger partial charge in [-0.1, -0.05) is 18.2 Å². The van der Waals surface area contributed by atoms with E-state index in [2.05, 4.69) is 10.3 Å². The lowest BCUT2D eigenvalue weighted by Gasteiger charge is -2.15. The van der Waals surface area contributed by atoms with Crippen molar-refractivity contribution in [1.29, 1.82) is 0 Å². The van der Waals surface area contributed by atoms with E-state index in [0.717, 1.165) is 16.5 Å². The molecule has 0 fully saturated rings. The molecule has 2 rings (SSSR count). The SMILES string of the molecule is CC(C)(O)C(=O)NCc1csc(COc2ccccc2)n1. The number of aliphatic hydroxyl groups is 1. The highest BCUT2D eigenvalue weighted by molar-refractivity contribution is 7.09. The van der Waals surface area contributed by atoms with Crippen molar-refractivity contribution < 1.29 is 14.6 Å². The summed E-state index contributed by atoms with van der Waals surface area (Å²) in [5.74, 6) is 0.377. The molecule has 0 aliphatic heterocycles. The number of nitrogens with zero attached hydrogens (tertiary/aromatic N) is 1. The number of carbonyl (C=O) groups excluding carboxylic acids is 1. The van der Waals surface area contributed by atoms with Crippen LogP contribution in [0.25, 0.3) is 0 Å². The van der Waals surface area contributed by atoms with Crippen LogP contribution in [0.3, 0.4) is 0 Å². The molecule has 0 aliphatic rings. The lowest BCUT2D eigenvalue weighted by molar-refractivity contribution is -0.136. The van der Waals surface area contributed by atoms with Gasteiger partial charge in [-0.3, -0.25) is 4.79 Å². The van der Waals surface area contributed by atoms with Crippen LogP contribution in [0, 0.1) is 0 Å². The Morgan fingerprint density at radius 1 is 1.38 bits per heavy atom. The molecular weight excluding hydrogens is 288 g/mol. The molecule has 2 aromatic rings. The molecule has 21 heavy (non-hydrogen) atoms. The first-order valence-corrected chi connectivity index (χ1v) is 7.45. The summed E-state index contributed by atoms with van der Waals surface area (Å²) in [6.07, 6.45) is 0. The molecule has 0 atom stereocenters. The molecule has 2 N–H and O–H groups in total. The third-order valence-electron chi connectivity index (χ3n) is 2.69. The van der Waals surface area contributed by atoms with Crippen LogP contribution >= 0.6 is 11.3 Å². The summed E-state index contributed by atoms with van der Waals surface area (Å²) in [6.45, 7) is 3.59. The first-order chi connectivity index (χ1) is 9.95. The normalized spacial score (nSPS) is 11.2. The third-order valence-corrected chi connectivity index (χ3v) is 3.56. The van der Waals surface area contributed by atoms with Crippen LogP contribution in [-0.2, 0) is 17.9 Å². The van der Waals surface area contributed by atoms with E-state index in [9.17, 15) is 9.90 Å². The zero-order valence-electron chi connectivity index (χ0n) is 12.0. The third kappa shape index (κ3) is 4.84. The number of amides is 1. The van der Waals surface area contributed by atoms with Gasteiger partial charge in [-0.05, 0) is 26.0 Å². The highest BCUT2D eigenvalue weighted by Crippen LogP contribution is 2.15. The summed E-state index contributed by atoms with van der Waals surface area (Å²) in [5.41, 5.74) is -0.626. The smallest absolute Gasteiger partial charge is 0.251 e. The average molecular weight is 306 g/mol. The van der Waals surface area contributed by atoms with Gasteiger partial charge in [0.15, 0.2) is 0 Å². The van der Waals surface area contributed by atoms with Gasteiger partial charge in [-0.25, -0.2) is 4.98 Å². The van der Waals surface area contributed by atoms with E-state index in [4.69, 9.17) is 4.74 Å². The molecule has 0 unspecified atom stereocenters. The van der Waals surface area contributed by atoms with Crippen molar-refractivity contribution in [1.82, 2.24) is 10.3 Å². The van der Waals surface area contributed by atoms with E-state index in [-0.39, 0.29) is 0 Å². The Balaban J connectivity index is 1.83. The number of ether oxygens (including phenoxy) is 1. The molecule has 0 saturated heterocycles. The minimum absolute atomic E-state index is 0.296. The predicted octanol–water partition coefficient (Wildman–Crippen LogP) is 2.11. The minimum atomic E-state index is -1.38. The highest BCUT2D eigenvalue weighted by Gasteiger charge is 2.23. The number of hydrogen-bond donors (Lipinski definition) is 2. The molecule has 1 amide bonds. The van der Waals surface area contributed by atoms with Gasteiger partial charge >= 0.3 is 0 Å². The zero-order valence-corrected chi connectivity index (χ0v) is 12.8. The molecule has 0 aliphatic carbocycles. The lowest BCUT2D eigenvalue weighted by atomic mass is 10.1. The number of rotatable bonds is 6. The van der Waals surface area contributed by atoms with Crippen molar-refractivity contribution in [2.24, 2.45) is 0 Å². The second-order valence-corrected chi connectivity index (χ2v) is 6.02. The molecule has 5 nitrogen and oxygen atoms in total. The van der Waals surface area contributed by atoms with Crippen LogP contribution in [-0.4, -0.2) is 21.6 Å². The fourth-order valence-electron chi connectivity index (χ4n) is 1.55. The van der Waals surface area contributed by atoms with Crippen LogP contribution in [0.15, 0.2) is 35.7 Å². The predicted molar refractivity (Wildman–Crippen MR) is 81.0 cm³/mol. The van der Waals surface area contributed by atoms with E-state index in [1.165, 1.54) is 25.2 Å². The molecular formula is C15H18N2O3S. The Kier molecular flexibility index (Phi) is 4.93. The van der Waals surface area contributed by atoms with Gasteiger partial charge in [0.1, 0.15) is 23.0 Å². The van der Waals surface area contributed by atoms with Gasteiger partial charge in [-0.2, -0.15) is 0 Å². The van der Waals surface area contributed by atoms with Gasteiger partial charge in [0.2, 0.25) is 0 Å². The molecule has 6 heteroatoms. The Morgan fingerprint density at radius 3 is 2.76 bits per heavy atom. The number of para-hydroxylation sites is 1. The van der Waals surface area contributed by atoms with Gasteiger partial charge in [0.25, 0.3) is 5.91 Å². The Hall–Kier alpha value is -1.92. The molecule has 0 bridgehead atoms. The molecule has 0 spiro atoms. The standard InChI is InChI=1S/C15H18N2O3S/c1-15(2,19)14(18)16-8-11-10-21-13(17-11)9-20-12-6-4-3-5-7-12/h3-7,10,19H,8-9H2,1-2H3,(H,16,18). The monoisotopic (exact) mass is 306 g/mol. The van der Waals surface area contributed by atoms with Crippen LogP contribution in [0.1, 0.15) is 24.5 Å². The van der Waals surface area contributed by atoms with Gasteiger partial charge in [-0.15, -0.1) is 11.3 Å². The Bertz CT molecular complexity index is 590. The fourth-order valence-corrected chi connectivity index (χ4v) is 2.25. The molecule has 0 saturated carbocycles. The quantitative estimate of drug-likeness (QED) is 0.857. The van der Waals surface area contributed by atoms with E-state index in [0.29, 0.717) is 13.2 Å². The van der Waals surface area contributed by atoms with Crippen LogP contribution in [0.5, 0.6) is 5.75 Å². The molecule has 112 valence electrons. The molecule has 1 aromatic carbocycles.